The van der Waals surface area contributed by atoms with Crippen LogP contribution in [0.1, 0.15) is 16.1 Å². The standard InChI is InChI=1S/C18H11BrFN9O4/c19-12-7-9(1-6-13(12)20)8-22-24-18(30)15-14(10-2-4-11(5-3-10)29(31)32)23-27-28(15)17-16(21)25-33-26-17/h1-8H,(H2,21,25)(H,24,30). The molecule has 0 fully saturated rings. The van der Waals surface area contributed by atoms with Crippen LogP contribution in [-0.2, 0) is 0 Å². The summed E-state index contributed by atoms with van der Waals surface area (Å²) in [5, 5.41) is 29.7. The predicted octanol–water partition coefficient (Wildman–Crippen LogP) is 2.47. The molecule has 0 radical (unpaired) electrons. The van der Waals surface area contributed by atoms with E-state index < -0.39 is 16.6 Å². The van der Waals surface area contributed by atoms with Gasteiger partial charge < -0.3 is 5.73 Å². The summed E-state index contributed by atoms with van der Waals surface area (Å²) in [6.07, 6.45) is 1.30. The molecular formula is C18H11BrFN9O4. The third-order valence-electron chi connectivity index (χ3n) is 4.26. The molecule has 0 saturated carbocycles. The van der Waals surface area contributed by atoms with Crippen molar-refractivity contribution in [1.82, 2.24) is 30.7 Å². The molecule has 4 aromatic rings. The molecule has 15 heteroatoms. The van der Waals surface area contributed by atoms with Crippen molar-refractivity contribution in [3.05, 3.63) is 74.1 Å². The van der Waals surface area contributed by atoms with Crippen LogP contribution in [-0.4, -0.2) is 42.4 Å². The van der Waals surface area contributed by atoms with Crippen LogP contribution in [0.5, 0.6) is 0 Å². The third-order valence-corrected chi connectivity index (χ3v) is 4.86. The molecule has 0 aliphatic heterocycles. The second-order valence-corrected chi connectivity index (χ2v) is 7.20. The number of nitrogens with one attached hydrogen (secondary N) is 1. The van der Waals surface area contributed by atoms with Crippen LogP contribution in [0, 0.1) is 15.9 Å². The average Bonchev–Trinajstić information content (AvgIpc) is 3.42. The summed E-state index contributed by atoms with van der Waals surface area (Å²) in [7, 11) is 0. The smallest absolute Gasteiger partial charge is 0.292 e. The lowest BCUT2D eigenvalue weighted by molar-refractivity contribution is -0.384. The van der Waals surface area contributed by atoms with Crippen LogP contribution in [0.25, 0.3) is 17.1 Å². The molecule has 0 saturated heterocycles. The SMILES string of the molecule is Nc1nonc1-n1nnc(-c2ccc([N+](=O)[O-])cc2)c1C(=O)NN=Cc1ccc(F)c(Br)c1. The molecule has 0 spiro atoms. The molecular weight excluding hydrogens is 505 g/mol. The first-order chi connectivity index (χ1) is 15.8. The number of benzene rings is 2. The van der Waals surface area contributed by atoms with Gasteiger partial charge in [0, 0.05) is 17.7 Å². The van der Waals surface area contributed by atoms with Crippen molar-refractivity contribution in [2.24, 2.45) is 5.10 Å². The van der Waals surface area contributed by atoms with Crippen LogP contribution in [0.4, 0.5) is 15.9 Å². The van der Waals surface area contributed by atoms with E-state index in [0.717, 1.165) is 4.68 Å². The van der Waals surface area contributed by atoms with Gasteiger partial charge in [0.15, 0.2) is 5.69 Å². The number of amides is 1. The minimum atomic E-state index is -0.756. The number of nitro benzene ring substituents is 1. The van der Waals surface area contributed by atoms with Gasteiger partial charge in [0.1, 0.15) is 11.5 Å². The summed E-state index contributed by atoms with van der Waals surface area (Å²) in [4.78, 5) is 23.4. The van der Waals surface area contributed by atoms with Gasteiger partial charge in [-0.15, -0.1) is 5.10 Å². The number of hydrogen-bond acceptors (Lipinski definition) is 10. The van der Waals surface area contributed by atoms with Crippen LogP contribution < -0.4 is 11.2 Å². The zero-order valence-electron chi connectivity index (χ0n) is 16.2. The first-order valence-electron chi connectivity index (χ1n) is 8.92. The Balaban J connectivity index is 1.69. The number of hydrazone groups is 1. The number of halogens is 2. The van der Waals surface area contributed by atoms with Crippen molar-refractivity contribution in [2.45, 2.75) is 0 Å². The molecule has 3 N–H and O–H groups in total. The van der Waals surface area contributed by atoms with Crippen LogP contribution in [0.15, 0.2) is 56.7 Å². The number of nitro groups is 1. The summed E-state index contributed by atoms with van der Waals surface area (Å²) >= 11 is 3.07. The number of rotatable bonds is 6. The molecule has 2 aromatic heterocycles. The maximum atomic E-state index is 13.4. The van der Waals surface area contributed by atoms with Crippen molar-refractivity contribution >= 4 is 39.6 Å². The van der Waals surface area contributed by atoms with Gasteiger partial charge in [0.05, 0.1) is 15.6 Å². The molecule has 2 aromatic carbocycles. The highest BCUT2D eigenvalue weighted by Gasteiger charge is 2.26. The van der Waals surface area contributed by atoms with Gasteiger partial charge in [-0.1, -0.05) is 11.3 Å². The fourth-order valence-corrected chi connectivity index (χ4v) is 3.11. The third kappa shape index (κ3) is 4.42. The average molecular weight is 516 g/mol. The van der Waals surface area contributed by atoms with E-state index in [9.17, 15) is 19.3 Å². The highest BCUT2D eigenvalue weighted by molar-refractivity contribution is 9.10. The minimum absolute atomic E-state index is 0.0736. The minimum Gasteiger partial charge on any atom is -0.378 e. The molecule has 0 aliphatic carbocycles. The Morgan fingerprint density at radius 1 is 1.27 bits per heavy atom. The van der Waals surface area contributed by atoms with E-state index in [0.29, 0.717) is 11.1 Å². The Kier molecular flexibility index (Phi) is 5.86. The van der Waals surface area contributed by atoms with Crippen LogP contribution in [0.2, 0.25) is 0 Å². The van der Waals surface area contributed by atoms with Crippen molar-refractivity contribution in [3.63, 3.8) is 0 Å². The highest BCUT2D eigenvalue weighted by atomic mass is 79.9. The molecule has 0 atom stereocenters. The molecule has 0 unspecified atom stereocenters. The van der Waals surface area contributed by atoms with Gasteiger partial charge in [-0.3, -0.25) is 14.9 Å². The second kappa shape index (κ2) is 8.91. The summed E-state index contributed by atoms with van der Waals surface area (Å²) < 4.78 is 19.2. The maximum absolute atomic E-state index is 13.4. The van der Waals surface area contributed by atoms with E-state index in [1.807, 2.05) is 0 Å². The number of anilines is 1. The molecule has 4 rings (SSSR count). The molecule has 33 heavy (non-hydrogen) atoms. The van der Waals surface area contributed by atoms with Crippen molar-refractivity contribution in [1.29, 1.82) is 0 Å². The first kappa shape index (κ1) is 21.7. The zero-order chi connectivity index (χ0) is 23.5. The predicted molar refractivity (Wildman–Crippen MR) is 115 cm³/mol. The maximum Gasteiger partial charge on any atom is 0.292 e. The zero-order valence-corrected chi connectivity index (χ0v) is 17.8. The van der Waals surface area contributed by atoms with Gasteiger partial charge in [-0.25, -0.2) is 14.4 Å². The second-order valence-electron chi connectivity index (χ2n) is 6.35. The van der Waals surface area contributed by atoms with E-state index in [1.165, 1.54) is 48.7 Å². The van der Waals surface area contributed by atoms with Gasteiger partial charge in [0.2, 0.25) is 11.6 Å². The van der Waals surface area contributed by atoms with Crippen LogP contribution in [0.3, 0.4) is 0 Å². The number of nitrogens with two attached hydrogens (primary N) is 1. The van der Waals surface area contributed by atoms with E-state index in [1.54, 1.807) is 0 Å². The first-order valence-corrected chi connectivity index (χ1v) is 9.72. The molecule has 166 valence electrons. The lowest BCUT2D eigenvalue weighted by atomic mass is 10.1. The summed E-state index contributed by atoms with van der Waals surface area (Å²) in [6, 6.07) is 9.50. The topological polar surface area (TPSA) is 180 Å². The summed E-state index contributed by atoms with van der Waals surface area (Å²) in [6.45, 7) is 0. The lowest BCUT2D eigenvalue weighted by Crippen LogP contribution is -2.22. The molecule has 0 bridgehead atoms. The highest BCUT2D eigenvalue weighted by Crippen LogP contribution is 2.26. The summed E-state index contributed by atoms with van der Waals surface area (Å²) in [5.74, 6) is -1.44. The number of nitrogens with zero attached hydrogens (tertiary/aromatic N) is 7. The Labute approximate surface area is 191 Å². The largest absolute Gasteiger partial charge is 0.378 e. The van der Waals surface area contributed by atoms with Crippen molar-refractivity contribution in [3.8, 4) is 17.1 Å². The van der Waals surface area contributed by atoms with Crippen LogP contribution >= 0.6 is 15.9 Å². The summed E-state index contributed by atoms with van der Waals surface area (Å²) in [5.41, 5.74) is 8.71. The van der Waals surface area contributed by atoms with E-state index in [2.05, 4.69) is 51.7 Å². The number of carbonyl (C=O) groups excluding carboxylic acids is 1. The molecule has 2 heterocycles. The van der Waals surface area contributed by atoms with E-state index in [4.69, 9.17) is 5.73 Å². The van der Waals surface area contributed by atoms with Crippen molar-refractivity contribution < 1.29 is 18.7 Å². The van der Waals surface area contributed by atoms with Gasteiger partial charge >= 0.3 is 0 Å². The van der Waals surface area contributed by atoms with E-state index >= 15 is 0 Å². The fourth-order valence-electron chi connectivity index (χ4n) is 2.72. The Hall–Kier alpha value is -4.53. The molecule has 1 amide bonds. The monoisotopic (exact) mass is 515 g/mol. The van der Waals surface area contributed by atoms with Gasteiger partial charge in [-0.2, -0.15) is 9.78 Å². The normalized spacial score (nSPS) is 11.1. The molecule has 0 aliphatic rings. The number of aromatic nitrogens is 5. The number of non-ortho nitro benzene ring substituents is 1. The Morgan fingerprint density at radius 3 is 2.67 bits per heavy atom. The molecule has 13 nitrogen and oxygen atoms in total. The Bertz CT molecular complexity index is 1380. The number of nitrogen functional groups attached to an aromatic ring is 1. The van der Waals surface area contributed by atoms with Crippen molar-refractivity contribution in [2.75, 3.05) is 5.73 Å². The Morgan fingerprint density at radius 2 is 2.03 bits per heavy atom. The van der Waals surface area contributed by atoms with Gasteiger partial charge in [-0.05, 0) is 56.1 Å². The van der Waals surface area contributed by atoms with E-state index in [-0.39, 0.29) is 33.2 Å². The number of hydrogen-bond donors (Lipinski definition) is 2. The van der Waals surface area contributed by atoms with Gasteiger partial charge in [0.25, 0.3) is 11.6 Å². The fraction of sp³-hybridized carbons (Fsp3) is 0. The quantitative estimate of drug-likeness (QED) is 0.221. The number of carbonyl (C=O) groups is 1. The lowest BCUT2D eigenvalue weighted by Gasteiger charge is -2.05.